The molecular weight excluding hydrogens is 515 g/mol. The molecule has 1 saturated carbocycles. The number of pyridine rings is 1. The number of hydrogen-bond acceptors (Lipinski definition) is 7. The van der Waals surface area contributed by atoms with Crippen molar-refractivity contribution in [2.75, 3.05) is 38.4 Å². The zero-order valence-electron chi connectivity index (χ0n) is 21.4. The summed E-state index contributed by atoms with van der Waals surface area (Å²) >= 11 is -0.207. The monoisotopic (exact) mass is 545 g/mol. The van der Waals surface area contributed by atoms with E-state index in [-0.39, 0.29) is 34.9 Å². The number of alkyl halides is 3. The van der Waals surface area contributed by atoms with Gasteiger partial charge in [-0.25, -0.2) is 4.52 Å². The lowest BCUT2D eigenvalue weighted by Gasteiger charge is -2.34. The molecule has 3 aromatic rings. The van der Waals surface area contributed by atoms with E-state index < -0.39 is 5.51 Å². The van der Waals surface area contributed by atoms with Crippen LogP contribution >= 0.6 is 11.8 Å². The largest absolute Gasteiger partial charge is 0.495 e. The lowest BCUT2D eigenvalue weighted by atomic mass is 9.90. The number of rotatable bonds is 8. The third-order valence-corrected chi connectivity index (χ3v) is 7.33. The average Bonchev–Trinajstić information content (AvgIpc) is 3.23. The summed E-state index contributed by atoms with van der Waals surface area (Å²) in [4.78, 5) is 13.2. The number of methoxy groups -OCH3 is 1. The highest BCUT2D eigenvalue weighted by atomic mass is 32.2. The molecule has 1 aliphatic carbocycles. The van der Waals surface area contributed by atoms with Crippen molar-refractivity contribution in [3.63, 3.8) is 0 Å². The second-order valence-electron chi connectivity index (χ2n) is 9.29. The van der Waals surface area contributed by atoms with E-state index in [9.17, 15) is 18.0 Å². The van der Waals surface area contributed by atoms with E-state index in [0.717, 1.165) is 25.7 Å². The van der Waals surface area contributed by atoms with Gasteiger partial charge in [-0.2, -0.15) is 18.3 Å². The first-order valence-corrected chi connectivity index (χ1v) is 13.1. The first-order chi connectivity index (χ1) is 18.2. The zero-order chi connectivity index (χ0) is 27.3. The Hall–Kier alpha value is -3.36. The van der Waals surface area contributed by atoms with E-state index in [1.807, 2.05) is 6.07 Å². The van der Waals surface area contributed by atoms with Crippen LogP contribution in [0.1, 0.15) is 41.7 Å². The van der Waals surface area contributed by atoms with Crippen molar-refractivity contribution in [1.82, 2.24) is 14.5 Å². The minimum Gasteiger partial charge on any atom is -0.495 e. The quantitative estimate of drug-likeness (QED) is 0.220. The van der Waals surface area contributed by atoms with Gasteiger partial charge in [0.2, 0.25) is 0 Å². The van der Waals surface area contributed by atoms with Gasteiger partial charge < -0.3 is 20.3 Å². The molecule has 0 amide bonds. The van der Waals surface area contributed by atoms with Crippen molar-refractivity contribution in [2.45, 2.75) is 48.2 Å². The highest BCUT2D eigenvalue weighted by molar-refractivity contribution is 8.00. The summed E-state index contributed by atoms with van der Waals surface area (Å²) in [6.07, 6.45) is 4.86. The first kappa shape index (κ1) is 27.7. The molecule has 2 aromatic heterocycles. The Morgan fingerprint density at radius 1 is 1.26 bits per heavy atom. The van der Waals surface area contributed by atoms with Crippen molar-refractivity contribution in [2.24, 2.45) is 0 Å². The van der Waals surface area contributed by atoms with Crippen LogP contribution in [0.2, 0.25) is 0 Å². The Balaban J connectivity index is 1.59. The maximum atomic E-state index is 13.5. The summed E-state index contributed by atoms with van der Waals surface area (Å²) in [7, 11) is 5.62. The molecule has 2 N–H and O–H groups in total. The highest BCUT2D eigenvalue weighted by Crippen LogP contribution is 2.41. The van der Waals surface area contributed by atoms with E-state index in [0.29, 0.717) is 40.7 Å². The molecule has 0 saturated heterocycles. The predicted octanol–water partition coefficient (Wildman–Crippen LogP) is 5.52. The van der Waals surface area contributed by atoms with Crippen LogP contribution in [0.15, 0.2) is 41.3 Å². The van der Waals surface area contributed by atoms with Crippen molar-refractivity contribution < 1.29 is 22.7 Å². The number of benzene rings is 1. The van der Waals surface area contributed by atoms with Gasteiger partial charge in [0.25, 0.3) is 0 Å². The molecule has 1 aromatic carbocycles. The summed E-state index contributed by atoms with van der Waals surface area (Å²) in [5.41, 5.74) is -3.01. The topological polar surface area (TPSA) is 70.9 Å². The standard InChI is InChI=1S/C27H30F3N5O2S/c1-34(2)20-8-4-7-19(16-20)32-25-11-5-10-23-26(38-27(28,29)30)22(33-35(23)25)9-6-14-31-21-13-12-18(17-36)15-24(21)37-3/h5,10-13,15,17,19-20,31-32H,4,7-8,14,16H2,1-3H3. The van der Waals surface area contributed by atoms with Crippen molar-refractivity contribution >= 4 is 35.1 Å². The van der Waals surface area contributed by atoms with Crippen molar-refractivity contribution in [3.8, 4) is 17.6 Å². The number of carbonyl (C=O) groups is 1. The molecule has 7 nitrogen and oxygen atoms in total. The van der Waals surface area contributed by atoms with E-state index in [1.165, 1.54) is 11.6 Å². The van der Waals surface area contributed by atoms with Crippen LogP contribution < -0.4 is 15.4 Å². The smallest absolute Gasteiger partial charge is 0.446 e. The Morgan fingerprint density at radius 3 is 2.79 bits per heavy atom. The molecule has 11 heteroatoms. The number of anilines is 2. The van der Waals surface area contributed by atoms with Gasteiger partial charge in [-0.3, -0.25) is 4.79 Å². The fourth-order valence-electron chi connectivity index (χ4n) is 4.62. The van der Waals surface area contributed by atoms with Crippen LogP contribution in [0.3, 0.4) is 0 Å². The lowest BCUT2D eigenvalue weighted by molar-refractivity contribution is -0.0327. The van der Waals surface area contributed by atoms with E-state index in [2.05, 4.69) is 46.6 Å². The number of fused-ring (bicyclic) bond motifs is 1. The van der Waals surface area contributed by atoms with E-state index in [4.69, 9.17) is 4.74 Å². The fraction of sp³-hybridized carbons (Fsp3) is 0.407. The highest BCUT2D eigenvalue weighted by Gasteiger charge is 2.33. The number of hydrogen-bond donors (Lipinski definition) is 2. The number of nitrogens with one attached hydrogen (secondary N) is 2. The molecule has 0 spiro atoms. The van der Waals surface area contributed by atoms with Crippen LogP contribution in [-0.2, 0) is 0 Å². The minimum atomic E-state index is -4.49. The molecule has 0 bridgehead atoms. The average molecular weight is 546 g/mol. The van der Waals surface area contributed by atoms with Crippen molar-refractivity contribution in [1.29, 1.82) is 0 Å². The minimum absolute atomic E-state index is 0.0311. The SMILES string of the molecule is COc1cc(C=O)ccc1NCC#Cc1nn2c(NC3CCCC(N(C)C)C3)cccc2c1SC(F)(F)F. The zero-order valence-corrected chi connectivity index (χ0v) is 22.2. The van der Waals surface area contributed by atoms with Crippen LogP contribution in [0.25, 0.3) is 5.52 Å². The van der Waals surface area contributed by atoms with Crippen LogP contribution in [-0.4, -0.2) is 66.1 Å². The van der Waals surface area contributed by atoms with Crippen LogP contribution in [0.4, 0.5) is 24.7 Å². The Kier molecular flexibility index (Phi) is 8.74. The molecule has 38 heavy (non-hydrogen) atoms. The fourth-order valence-corrected chi connectivity index (χ4v) is 5.30. The van der Waals surface area contributed by atoms with Gasteiger partial charge >= 0.3 is 5.51 Å². The number of ether oxygens (including phenoxy) is 1. The summed E-state index contributed by atoms with van der Waals surface area (Å²) in [6, 6.07) is 10.7. The van der Waals surface area contributed by atoms with Gasteiger partial charge in [-0.15, -0.1) is 0 Å². The second kappa shape index (κ2) is 12.0. The third-order valence-electron chi connectivity index (χ3n) is 6.49. The Morgan fingerprint density at radius 2 is 2.08 bits per heavy atom. The van der Waals surface area contributed by atoms with E-state index in [1.54, 1.807) is 30.3 Å². The number of thioether (sulfide) groups is 1. The molecule has 0 radical (unpaired) electrons. The summed E-state index contributed by atoms with van der Waals surface area (Å²) in [5.74, 6) is 6.79. The number of carbonyl (C=O) groups excluding carboxylic acids is 1. The van der Waals surface area contributed by atoms with Crippen LogP contribution in [0.5, 0.6) is 5.75 Å². The van der Waals surface area contributed by atoms with Gasteiger partial charge in [0.15, 0.2) is 0 Å². The summed E-state index contributed by atoms with van der Waals surface area (Å²) in [6.45, 7) is 0.139. The van der Waals surface area contributed by atoms with Gasteiger partial charge in [0.1, 0.15) is 23.5 Å². The number of aldehydes is 1. The Bertz CT molecular complexity index is 1350. The first-order valence-electron chi connectivity index (χ1n) is 12.2. The lowest BCUT2D eigenvalue weighted by Crippen LogP contribution is -2.38. The van der Waals surface area contributed by atoms with Gasteiger partial charge in [0.05, 0.1) is 29.8 Å². The Labute approximate surface area is 224 Å². The van der Waals surface area contributed by atoms with E-state index >= 15 is 0 Å². The molecule has 202 valence electrons. The number of halogens is 3. The molecule has 4 rings (SSSR count). The molecule has 1 fully saturated rings. The summed E-state index contributed by atoms with van der Waals surface area (Å²) in [5, 5.41) is 11.1. The number of nitrogens with zero attached hydrogens (tertiary/aromatic N) is 3. The van der Waals surface area contributed by atoms with Crippen molar-refractivity contribution in [3.05, 3.63) is 47.7 Å². The van der Waals surface area contributed by atoms with Gasteiger partial charge in [-0.1, -0.05) is 12.0 Å². The third kappa shape index (κ3) is 6.74. The normalized spacial score (nSPS) is 17.7. The van der Waals surface area contributed by atoms with Crippen LogP contribution in [0, 0.1) is 11.8 Å². The second-order valence-corrected chi connectivity index (χ2v) is 10.4. The molecule has 2 unspecified atom stereocenters. The molecular formula is C27H30F3N5O2S. The molecule has 1 aliphatic rings. The predicted molar refractivity (Wildman–Crippen MR) is 144 cm³/mol. The molecule has 2 heterocycles. The molecule has 0 aliphatic heterocycles. The molecule has 2 atom stereocenters. The number of aromatic nitrogens is 2. The maximum absolute atomic E-state index is 13.5. The summed E-state index contributed by atoms with van der Waals surface area (Å²) < 4.78 is 47.2. The van der Waals surface area contributed by atoms with Gasteiger partial charge in [0, 0.05) is 17.6 Å². The van der Waals surface area contributed by atoms with Gasteiger partial charge in [-0.05, 0) is 87.8 Å². The maximum Gasteiger partial charge on any atom is 0.446 e.